The molecule has 96 valence electrons. The van der Waals surface area contributed by atoms with E-state index in [4.69, 9.17) is 0 Å². The second-order valence-electron chi connectivity index (χ2n) is 4.32. The van der Waals surface area contributed by atoms with Gasteiger partial charge in [-0.05, 0) is 32.5 Å². The summed E-state index contributed by atoms with van der Waals surface area (Å²) in [5, 5.41) is 7.36. The molecule has 0 saturated heterocycles. The molecule has 18 heavy (non-hydrogen) atoms. The molecule has 0 saturated carbocycles. The lowest BCUT2D eigenvalue weighted by molar-refractivity contribution is 0.630. The number of hydrogen-bond donors (Lipinski definition) is 1. The number of halogens is 1. The predicted molar refractivity (Wildman–Crippen MR) is 70.8 cm³/mol. The van der Waals surface area contributed by atoms with Gasteiger partial charge in [0.1, 0.15) is 5.82 Å². The zero-order valence-electron chi connectivity index (χ0n) is 10.8. The van der Waals surface area contributed by atoms with Crippen LogP contribution in [0.15, 0.2) is 30.5 Å². The van der Waals surface area contributed by atoms with E-state index in [1.165, 1.54) is 6.07 Å². The van der Waals surface area contributed by atoms with Gasteiger partial charge in [-0.15, -0.1) is 0 Å². The summed E-state index contributed by atoms with van der Waals surface area (Å²) in [6.07, 6.45) is 3.64. The van der Waals surface area contributed by atoms with E-state index >= 15 is 0 Å². The van der Waals surface area contributed by atoms with Gasteiger partial charge in [-0.3, -0.25) is 4.68 Å². The Kier molecular flexibility index (Phi) is 4.10. The standard InChI is InChI=1S/C14H18FN3/c1-16-9-5-8-14-12(10-17-18(14)2)11-6-3-4-7-13(11)15/h3-4,6-7,10,16H,5,8-9H2,1-2H3. The average molecular weight is 247 g/mol. The molecule has 0 spiro atoms. The highest BCUT2D eigenvalue weighted by Gasteiger charge is 2.13. The molecule has 1 aromatic heterocycles. The van der Waals surface area contributed by atoms with Crippen LogP contribution in [0.3, 0.4) is 0 Å². The maximum Gasteiger partial charge on any atom is 0.131 e. The van der Waals surface area contributed by atoms with E-state index < -0.39 is 0 Å². The Labute approximate surface area is 107 Å². The van der Waals surface area contributed by atoms with Crippen LogP contribution in [0.4, 0.5) is 4.39 Å². The van der Waals surface area contributed by atoms with Crippen molar-refractivity contribution in [1.29, 1.82) is 0 Å². The van der Waals surface area contributed by atoms with Crippen molar-refractivity contribution < 1.29 is 4.39 Å². The van der Waals surface area contributed by atoms with E-state index in [1.54, 1.807) is 18.3 Å². The Morgan fingerprint density at radius 1 is 1.28 bits per heavy atom. The van der Waals surface area contributed by atoms with E-state index in [0.29, 0.717) is 5.56 Å². The fourth-order valence-corrected chi connectivity index (χ4v) is 2.10. The van der Waals surface area contributed by atoms with E-state index in [1.807, 2.05) is 24.8 Å². The molecule has 4 heteroatoms. The van der Waals surface area contributed by atoms with Gasteiger partial charge in [-0.1, -0.05) is 18.2 Å². The number of benzene rings is 1. The van der Waals surface area contributed by atoms with Gasteiger partial charge in [0.25, 0.3) is 0 Å². The predicted octanol–water partition coefficient (Wildman–Crippen LogP) is 2.38. The highest BCUT2D eigenvalue weighted by molar-refractivity contribution is 5.66. The summed E-state index contributed by atoms with van der Waals surface area (Å²) in [4.78, 5) is 0. The third kappa shape index (κ3) is 2.59. The van der Waals surface area contributed by atoms with Crippen molar-refractivity contribution in [3.05, 3.63) is 42.0 Å². The minimum absolute atomic E-state index is 0.194. The van der Waals surface area contributed by atoms with E-state index in [9.17, 15) is 4.39 Å². The first kappa shape index (κ1) is 12.8. The molecule has 1 heterocycles. The first-order valence-electron chi connectivity index (χ1n) is 6.14. The Balaban J connectivity index is 2.31. The van der Waals surface area contributed by atoms with Crippen LogP contribution in [0, 0.1) is 5.82 Å². The minimum atomic E-state index is -0.194. The topological polar surface area (TPSA) is 29.9 Å². The zero-order chi connectivity index (χ0) is 13.0. The molecule has 0 fully saturated rings. The number of nitrogens with zero attached hydrogens (tertiary/aromatic N) is 2. The highest BCUT2D eigenvalue weighted by Crippen LogP contribution is 2.26. The van der Waals surface area contributed by atoms with E-state index in [-0.39, 0.29) is 5.82 Å². The molecule has 0 unspecified atom stereocenters. The van der Waals surface area contributed by atoms with Crippen molar-refractivity contribution >= 4 is 0 Å². The highest BCUT2D eigenvalue weighted by atomic mass is 19.1. The van der Waals surface area contributed by atoms with E-state index in [0.717, 1.165) is 30.6 Å². The van der Waals surface area contributed by atoms with E-state index in [2.05, 4.69) is 10.4 Å². The SMILES string of the molecule is CNCCCc1c(-c2ccccc2F)cnn1C. The van der Waals surface area contributed by atoms with Gasteiger partial charge >= 0.3 is 0 Å². The van der Waals surface area contributed by atoms with Gasteiger partial charge < -0.3 is 5.32 Å². The molecular weight excluding hydrogens is 229 g/mol. The van der Waals surface area contributed by atoms with Gasteiger partial charge in [0.2, 0.25) is 0 Å². The van der Waals surface area contributed by atoms with Crippen molar-refractivity contribution in [2.75, 3.05) is 13.6 Å². The molecule has 0 aliphatic heterocycles. The summed E-state index contributed by atoms with van der Waals surface area (Å²) < 4.78 is 15.6. The molecule has 1 aromatic carbocycles. The van der Waals surface area contributed by atoms with Crippen LogP contribution in [-0.4, -0.2) is 23.4 Å². The maximum atomic E-state index is 13.8. The lowest BCUT2D eigenvalue weighted by atomic mass is 10.0. The van der Waals surface area contributed by atoms with Crippen LogP contribution >= 0.6 is 0 Å². The van der Waals surface area contributed by atoms with Crippen LogP contribution in [0.1, 0.15) is 12.1 Å². The Hall–Kier alpha value is -1.68. The lowest BCUT2D eigenvalue weighted by Gasteiger charge is -2.07. The Morgan fingerprint density at radius 3 is 2.78 bits per heavy atom. The molecule has 0 aliphatic carbocycles. The largest absolute Gasteiger partial charge is 0.320 e. The third-order valence-electron chi connectivity index (χ3n) is 3.07. The number of aryl methyl sites for hydroxylation is 1. The van der Waals surface area contributed by atoms with Gasteiger partial charge in [-0.2, -0.15) is 5.10 Å². The van der Waals surface area contributed by atoms with Gasteiger partial charge in [-0.25, -0.2) is 4.39 Å². The molecule has 0 bridgehead atoms. The number of nitrogens with one attached hydrogen (secondary N) is 1. The smallest absolute Gasteiger partial charge is 0.131 e. The van der Waals surface area contributed by atoms with Crippen LogP contribution in [0.25, 0.3) is 11.1 Å². The van der Waals surface area contributed by atoms with Crippen molar-refractivity contribution in [2.24, 2.45) is 7.05 Å². The lowest BCUT2D eigenvalue weighted by Crippen LogP contribution is -2.10. The molecule has 2 aromatic rings. The van der Waals surface area contributed by atoms with Gasteiger partial charge in [0.15, 0.2) is 0 Å². The molecule has 0 atom stereocenters. The maximum absolute atomic E-state index is 13.8. The number of hydrogen-bond acceptors (Lipinski definition) is 2. The summed E-state index contributed by atoms with van der Waals surface area (Å²) in [6.45, 7) is 0.946. The minimum Gasteiger partial charge on any atom is -0.320 e. The summed E-state index contributed by atoms with van der Waals surface area (Å²) in [5.74, 6) is -0.194. The normalized spacial score (nSPS) is 10.8. The summed E-state index contributed by atoms with van der Waals surface area (Å²) in [5.41, 5.74) is 2.60. The Bertz CT molecular complexity index is 520. The first-order chi connectivity index (χ1) is 8.74. The van der Waals surface area contributed by atoms with Crippen LogP contribution in [0.2, 0.25) is 0 Å². The summed E-state index contributed by atoms with van der Waals surface area (Å²) >= 11 is 0. The van der Waals surface area contributed by atoms with Crippen molar-refractivity contribution in [1.82, 2.24) is 15.1 Å². The average Bonchev–Trinajstić information content (AvgIpc) is 2.72. The third-order valence-corrected chi connectivity index (χ3v) is 3.07. The van der Waals surface area contributed by atoms with Crippen LogP contribution in [-0.2, 0) is 13.5 Å². The quantitative estimate of drug-likeness (QED) is 0.822. The molecule has 0 aliphatic rings. The summed E-state index contributed by atoms with van der Waals surface area (Å²) in [7, 11) is 3.83. The molecule has 1 N–H and O–H groups in total. The summed E-state index contributed by atoms with van der Waals surface area (Å²) in [6, 6.07) is 6.84. The van der Waals surface area contributed by atoms with Crippen LogP contribution in [0.5, 0.6) is 0 Å². The fraction of sp³-hybridized carbons (Fsp3) is 0.357. The van der Waals surface area contributed by atoms with Gasteiger partial charge in [0.05, 0.1) is 6.20 Å². The Morgan fingerprint density at radius 2 is 2.06 bits per heavy atom. The second-order valence-corrected chi connectivity index (χ2v) is 4.32. The fourth-order valence-electron chi connectivity index (χ4n) is 2.10. The van der Waals surface area contributed by atoms with Gasteiger partial charge in [0, 0.05) is 23.9 Å². The molecule has 0 amide bonds. The molecular formula is C14H18FN3. The molecule has 3 nitrogen and oxygen atoms in total. The molecule has 0 radical (unpaired) electrons. The first-order valence-corrected chi connectivity index (χ1v) is 6.14. The van der Waals surface area contributed by atoms with Crippen molar-refractivity contribution in [3.63, 3.8) is 0 Å². The zero-order valence-corrected chi connectivity index (χ0v) is 10.8. The second kappa shape index (κ2) is 5.78. The number of rotatable bonds is 5. The molecule has 2 rings (SSSR count). The number of aromatic nitrogens is 2. The monoisotopic (exact) mass is 247 g/mol. The van der Waals surface area contributed by atoms with Crippen LogP contribution < -0.4 is 5.32 Å². The van der Waals surface area contributed by atoms with Crippen molar-refractivity contribution in [2.45, 2.75) is 12.8 Å². The van der Waals surface area contributed by atoms with Crippen molar-refractivity contribution in [3.8, 4) is 11.1 Å².